The van der Waals surface area contributed by atoms with E-state index in [9.17, 15) is 0 Å². The zero-order valence-corrected chi connectivity index (χ0v) is 6.04. The maximum atomic E-state index is 8.42. The van der Waals surface area contributed by atoms with Gasteiger partial charge in [-0.05, 0) is 30.0 Å². The first-order chi connectivity index (χ1) is 4.75. The second-order valence-corrected chi connectivity index (χ2v) is 2.08. The largest absolute Gasteiger partial charge is 0.241 e. The van der Waals surface area contributed by atoms with Gasteiger partial charge in [0, 0.05) is 0 Å². The summed E-state index contributed by atoms with van der Waals surface area (Å²) in [7, 11) is 0. The Morgan fingerprint density at radius 3 is 2.90 bits per heavy atom. The number of nitrogens with zero attached hydrogens (tertiary/aromatic N) is 5. The summed E-state index contributed by atoms with van der Waals surface area (Å²) in [6, 6.07) is 1.58. The average molecular weight is 154 g/mol. The van der Waals surface area contributed by atoms with Gasteiger partial charge in [0.1, 0.15) is 6.04 Å². The van der Waals surface area contributed by atoms with E-state index in [-0.39, 0.29) is 11.2 Å². The van der Waals surface area contributed by atoms with Crippen molar-refractivity contribution in [2.75, 3.05) is 0 Å². The Labute approximate surface area is 63.1 Å². The van der Waals surface area contributed by atoms with Crippen LogP contribution in [0.25, 0.3) is 0 Å². The number of hydrogen-bond acceptors (Lipinski definition) is 4. The second-order valence-electron chi connectivity index (χ2n) is 1.71. The van der Waals surface area contributed by atoms with Gasteiger partial charge in [0.2, 0.25) is 5.16 Å². The summed E-state index contributed by atoms with van der Waals surface area (Å²) in [5.41, 5.74) is 0. The fourth-order valence-corrected chi connectivity index (χ4v) is 0.714. The number of rotatable bonds is 1. The fraction of sp³-hybridized carbons (Fsp3) is 0.500. The SMILES string of the molecule is CC(C#N)n1nnnc1[S]. The average Bonchev–Trinajstić information content (AvgIpc) is 2.34. The highest BCUT2D eigenvalue weighted by atomic mass is 32.1. The normalized spacial score (nSPS) is 12.4. The predicted octanol–water partition coefficient (Wildman–Crippen LogP) is 0.314. The Hall–Kier alpha value is -1.22. The van der Waals surface area contributed by atoms with Crippen LogP contribution < -0.4 is 0 Å². The molecule has 0 aromatic carbocycles. The molecule has 1 heterocycles. The molecule has 0 bridgehead atoms. The Morgan fingerprint density at radius 1 is 1.80 bits per heavy atom. The molecule has 1 aromatic heterocycles. The first-order valence-electron chi connectivity index (χ1n) is 2.60. The smallest absolute Gasteiger partial charge is 0.199 e. The molecule has 1 atom stereocenters. The van der Waals surface area contributed by atoms with Crippen molar-refractivity contribution in [3.63, 3.8) is 0 Å². The van der Waals surface area contributed by atoms with Crippen LogP contribution in [-0.4, -0.2) is 20.2 Å². The standard InChI is InChI=1S/C4H4N5S/c1-3(2-5)9-4(10)6-7-8-9/h3H,1H3. The van der Waals surface area contributed by atoms with Gasteiger partial charge in [0.25, 0.3) is 0 Å². The van der Waals surface area contributed by atoms with Crippen LogP contribution >= 0.6 is 12.6 Å². The molecule has 0 fully saturated rings. The van der Waals surface area contributed by atoms with Crippen LogP contribution in [-0.2, 0) is 0 Å². The van der Waals surface area contributed by atoms with Crippen LogP contribution in [0.15, 0.2) is 5.16 Å². The van der Waals surface area contributed by atoms with Crippen molar-refractivity contribution in [1.82, 2.24) is 20.2 Å². The Kier molecular flexibility index (Phi) is 1.78. The van der Waals surface area contributed by atoms with Crippen molar-refractivity contribution in [2.24, 2.45) is 0 Å². The first kappa shape index (κ1) is 6.89. The van der Waals surface area contributed by atoms with E-state index in [2.05, 4.69) is 15.5 Å². The highest BCUT2D eigenvalue weighted by molar-refractivity contribution is 7.80. The lowest BCUT2D eigenvalue weighted by Gasteiger charge is -1.98. The van der Waals surface area contributed by atoms with Gasteiger partial charge >= 0.3 is 0 Å². The summed E-state index contributed by atoms with van der Waals surface area (Å²) in [6.07, 6.45) is 0. The fourth-order valence-electron chi connectivity index (χ4n) is 0.483. The molecular weight excluding hydrogens is 150 g/mol. The summed E-state index contributed by atoms with van der Waals surface area (Å²) in [6.45, 7) is 1.67. The molecule has 1 unspecified atom stereocenters. The highest BCUT2D eigenvalue weighted by Gasteiger charge is 2.08. The summed E-state index contributed by atoms with van der Waals surface area (Å²) in [5.74, 6) is 0. The number of hydrogen-bond donors (Lipinski definition) is 0. The number of tetrazole rings is 1. The molecule has 0 saturated heterocycles. The van der Waals surface area contributed by atoms with Crippen molar-refractivity contribution < 1.29 is 0 Å². The van der Waals surface area contributed by atoms with Crippen LogP contribution in [0.1, 0.15) is 13.0 Å². The minimum Gasteiger partial charge on any atom is -0.199 e. The molecule has 1 aromatic rings. The summed E-state index contributed by atoms with van der Waals surface area (Å²) < 4.78 is 1.29. The lowest BCUT2D eigenvalue weighted by Crippen LogP contribution is -2.04. The molecule has 0 aliphatic rings. The third-order valence-electron chi connectivity index (χ3n) is 1.02. The molecule has 0 saturated carbocycles. The van der Waals surface area contributed by atoms with Gasteiger partial charge < -0.3 is 0 Å². The van der Waals surface area contributed by atoms with Crippen molar-refractivity contribution in [3.05, 3.63) is 0 Å². The molecule has 6 heteroatoms. The monoisotopic (exact) mass is 154 g/mol. The van der Waals surface area contributed by atoms with Gasteiger partial charge in [-0.1, -0.05) is 5.10 Å². The highest BCUT2D eigenvalue weighted by Crippen LogP contribution is 2.05. The molecule has 1 radical (unpaired) electrons. The van der Waals surface area contributed by atoms with Crippen LogP contribution in [0.5, 0.6) is 0 Å². The zero-order valence-electron chi connectivity index (χ0n) is 5.22. The van der Waals surface area contributed by atoms with Gasteiger partial charge in [0.05, 0.1) is 6.07 Å². The molecule has 0 amide bonds. The van der Waals surface area contributed by atoms with Crippen LogP contribution in [0.2, 0.25) is 0 Å². The third kappa shape index (κ3) is 1.04. The molecule has 1 rings (SSSR count). The Balaban J connectivity index is 2.96. The predicted molar refractivity (Wildman–Crippen MR) is 34.0 cm³/mol. The maximum Gasteiger partial charge on any atom is 0.241 e. The van der Waals surface area contributed by atoms with Gasteiger partial charge in [-0.25, -0.2) is 0 Å². The van der Waals surface area contributed by atoms with E-state index >= 15 is 0 Å². The maximum absolute atomic E-state index is 8.42. The van der Waals surface area contributed by atoms with Crippen molar-refractivity contribution in [3.8, 4) is 6.07 Å². The number of aromatic nitrogens is 4. The van der Waals surface area contributed by atoms with E-state index in [0.717, 1.165) is 0 Å². The minimum atomic E-state index is -0.387. The van der Waals surface area contributed by atoms with E-state index in [0.29, 0.717) is 0 Å². The summed E-state index contributed by atoms with van der Waals surface area (Å²) in [4.78, 5) is 0. The molecule has 0 N–H and O–H groups in total. The van der Waals surface area contributed by atoms with E-state index in [1.165, 1.54) is 4.68 Å². The molecule has 0 aliphatic carbocycles. The molecule has 51 valence electrons. The number of nitriles is 1. The first-order valence-corrected chi connectivity index (χ1v) is 3.01. The third-order valence-corrected chi connectivity index (χ3v) is 1.29. The lowest BCUT2D eigenvalue weighted by molar-refractivity contribution is 0.527. The van der Waals surface area contributed by atoms with Crippen molar-refractivity contribution >= 4 is 12.6 Å². The van der Waals surface area contributed by atoms with E-state index < -0.39 is 0 Å². The van der Waals surface area contributed by atoms with Crippen LogP contribution in [0, 0.1) is 11.3 Å². The van der Waals surface area contributed by atoms with Crippen LogP contribution in [0.4, 0.5) is 0 Å². The van der Waals surface area contributed by atoms with Gasteiger partial charge in [-0.15, -0.1) is 0 Å². The summed E-state index contributed by atoms with van der Waals surface area (Å²) in [5, 5.41) is 18.9. The van der Waals surface area contributed by atoms with Gasteiger partial charge in [-0.3, -0.25) is 0 Å². The lowest BCUT2D eigenvalue weighted by atomic mass is 10.4. The van der Waals surface area contributed by atoms with E-state index in [1.807, 2.05) is 6.07 Å². The van der Waals surface area contributed by atoms with Gasteiger partial charge in [-0.2, -0.15) is 9.94 Å². The Bertz CT molecular complexity index is 261. The molecule has 5 nitrogen and oxygen atoms in total. The Morgan fingerprint density at radius 2 is 2.50 bits per heavy atom. The zero-order chi connectivity index (χ0) is 7.56. The van der Waals surface area contributed by atoms with Crippen molar-refractivity contribution in [1.29, 1.82) is 5.26 Å². The van der Waals surface area contributed by atoms with Gasteiger partial charge in [0.15, 0.2) is 0 Å². The van der Waals surface area contributed by atoms with E-state index in [4.69, 9.17) is 17.9 Å². The van der Waals surface area contributed by atoms with Crippen molar-refractivity contribution in [2.45, 2.75) is 18.1 Å². The summed E-state index contributed by atoms with van der Waals surface area (Å²) >= 11 is 4.70. The van der Waals surface area contributed by atoms with Crippen LogP contribution in [0.3, 0.4) is 0 Å². The molecule has 10 heavy (non-hydrogen) atoms. The molecular formula is C4H4N5S. The minimum absolute atomic E-state index is 0.244. The molecule has 0 aliphatic heterocycles. The molecule has 0 spiro atoms. The topological polar surface area (TPSA) is 67.4 Å². The quantitative estimate of drug-likeness (QED) is 0.584. The second kappa shape index (κ2) is 2.58. The van der Waals surface area contributed by atoms with E-state index in [1.54, 1.807) is 6.92 Å².